The highest BCUT2D eigenvalue weighted by Gasteiger charge is 2.33. The Labute approximate surface area is 152 Å². The predicted molar refractivity (Wildman–Crippen MR) is 95.7 cm³/mol. The Morgan fingerprint density at radius 2 is 2.19 bits per heavy atom. The molecule has 1 atom stereocenters. The third kappa shape index (κ3) is 5.01. The maximum absolute atomic E-state index is 12.2. The lowest BCUT2D eigenvalue weighted by molar-refractivity contribution is -0.0345. The van der Waals surface area contributed by atoms with Gasteiger partial charge in [0.2, 0.25) is 0 Å². The molecule has 1 saturated heterocycles. The molecule has 3 rings (SSSR count). The average molecular weight is 357 g/mol. The van der Waals surface area contributed by atoms with Gasteiger partial charge in [0.25, 0.3) is 5.91 Å². The number of nitrogens with one attached hydrogen (secondary N) is 1. The van der Waals surface area contributed by atoms with Gasteiger partial charge in [-0.2, -0.15) is 0 Å². The van der Waals surface area contributed by atoms with Gasteiger partial charge in [0.15, 0.2) is 0 Å². The summed E-state index contributed by atoms with van der Waals surface area (Å²) in [6, 6.07) is 12.1. The first kappa shape index (κ1) is 18.3. The predicted octanol–water partition coefficient (Wildman–Crippen LogP) is 0.780. The minimum absolute atomic E-state index is 0.0684. The Kier molecular flexibility index (Phi) is 5.82. The van der Waals surface area contributed by atoms with E-state index >= 15 is 0 Å². The number of ether oxygens (including phenoxy) is 1. The molecule has 0 spiro atoms. The van der Waals surface area contributed by atoms with Gasteiger partial charge in [0.1, 0.15) is 17.0 Å². The van der Waals surface area contributed by atoms with Crippen LogP contribution in [0.15, 0.2) is 48.7 Å². The van der Waals surface area contributed by atoms with Crippen molar-refractivity contribution in [1.82, 2.24) is 15.2 Å². The molecule has 7 nitrogen and oxygen atoms in total. The van der Waals surface area contributed by atoms with E-state index in [0.717, 1.165) is 5.56 Å². The molecule has 1 aromatic carbocycles. The Hall–Kier alpha value is -2.48. The van der Waals surface area contributed by atoms with Gasteiger partial charge < -0.3 is 20.3 Å². The summed E-state index contributed by atoms with van der Waals surface area (Å²) >= 11 is 0. The highest BCUT2D eigenvalue weighted by atomic mass is 16.5. The van der Waals surface area contributed by atoms with Gasteiger partial charge in [-0.1, -0.05) is 18.2 Å². The maximum Gasteiger partial charge on any atom is 0.269 e. The molecule has 0 unspecified atom stereocenters. The van der Waals surface area contributed by atoms with Gasteiger partial charge in [-0.15, -0.1) is 0 Å². The summed E-state index contributed by atoms with van der Waals surface area (Å²) in [6.07, 6.45) is 1.55. The lowest BCUT2D eigenvalue weighted by Crippen LogP contribution is -2.52. The number of aliphatic hydroxyl groups is 1. The van der Waals surface area contributed by atoms with Crippen LogP contribution in [0, 0.1) is 0 Å². The van der Waals surface area contributed by atoms with Crippen LogP contribution in [0.1, 0.15) is 16.1 Å². The normalized spacial score (nSPS) is 21.1. The number of amides is 1. The minimum atomic E-state index is -1.20. The molecule has 1 amide bonds. The van der Waals surface area contributed by atoms with Gasteiger partial charge in [-0.3, -0.25) is 14.7 Å². The number of hydrogen-bond donors (Lipinski definition) is 3. The van der Waals surface area contributed by atoms with Crippen LogP contribution in [0.2, 0.25) is 0 Å². The van der Waals surface area contributed by atoms with Crippen molar-refractivity contribution in [3.63, 3.8) is 0 Å². The molecule has 0 saturated carbocycles. The number of phenols is 1. The Morgan fingerprint density at radius 3 is 2.96 bits per heavy atom. The zero-order valence-electron chi connectivity index (χ0n) is 14.5. The summed E-state index contributed by atoms with van der Waals surface area (Å²) < 4.78 is 5.53. The summed E-state index contributed by atoms with van der Waals surface area (Å²) in [4.78, 5) is 18.2. The van der Waals surface area contributed by atoms with Gasteiger partial charge >= 0.3 is 0 Å². The molecule has 3 N–H and O–H groups in total. The molecule has 2 heterocycles. The number of aromatic nitrogens is 1. The molecule has 138 valence electrons. The number of pyridine rings is 1. The summed E-state index contributed by atoms with van der Waals surface area (Å²) in [7, 11) is 0. The number of carbonyl (C=O) groups excluding carboxylic acids is 1. The van der Waals surface area contributed by atoms with Gasteiger partial charge in [-0.05, 0) is 29.8 Å². The van der Waals surface area contributed by atoms with Crippen molar-refractivity contribution in [1.29, 1.82) is 0 Å². The van der Waals surface area contributed by atoms with Crippen molar-refractivity contribution in [3.05, 3.63) is 59.9 Å². The SMILES string of the molecule is O=C(NC[C@@]1(O)COCCN(Cc2cccc(O)c2)C1)c1ccccn1. The zero-order valence-corrected chi connectivity index (χ0v) is 14.5. The van der Waals surface area contributed by atoms with Crippen molar-refractivity contribution < 1.29 is 19.7 Å². The van der Waals surface area contributed by atoms with E-state index in [1.54, 1.807) is 42.6 Å². The largest absolute Gasteiger partial charge is 0.508 e. The molecule has 7 heteroatoms. The van der Waals surface area contributed by atoms with Gasteiger partial charge in [0.05, 0.1) is 19.8 Å². The third-order valence-corrected chi connectivity index (χ3v) is 4.23. The van der Waals surface area contributed by atoms with Crippen LogP contribution < -0.4 is 5.32 Å². The topological polar surface area (TPSA) is 94.9 Å². The second-order valence-electron chi connectivity index (χ2n) is 6.56. The van der Waals surface area contributed by atoms with E-state index in [2.05, 4.69) is 15.2 Å². The molecule has 0 aliphatic carbocycles. The molecule has 1 fully saturated rings. The molecular formula is C19H23N3O4. The number of aromatic hydroxyl groups is 1. The van der Waals surface area contributed by atoms with E-state index in [9.17, 15) is 15.0 Å². The fourth-order valence-electron chi connectivity index (χ4n) is 2.98. The second kappa shape index (κ2) is 8.27. The molecule has 2 aromatic rings. The zero-order chi connectivity index (χ0) is 18.4. The fourth-order valence-corrected chi connectivity index (χ4v) is 2.98. The fraction of sp³-hybridized carbons (Fsp3) is 0.368. The quantitative estimate of drug-likeness (QED) is 0.732. The molecule has 0 radical (unpaired) electrons. The molecule has 0 bridgehead atoms. The number of nitrogens with zero attached hydrogens (tertiary/aromatic N) is 2. The third-order valence-electron chi connectivity index (χ3n) is 4.23. The van der Waals surface area contributed by atoms with Gasteiger partial charge in [0, 0.05) is 25.8 Å². The molecule has 1 aromatic heterocycles. The van der Waals surface area contributed by atoms with E-state index in [1.807, 2.05) is 6.07 Å². The number of phenolic OH excluding ortho intramolecular Hbond substituents is 1. The number of carbonyl (C=O) groups is 1. The summed E-state index contributed by atoms with van der Waals surface area (Å²) in [5.74, 6) is -0.116. The average Bonchev–Trinajstić information content (AvgIpc) is 2.82. The smallest absolute Gasteiger partial charge is 0.269 e. The summed E-state index contributed by atoms with van der Waals surface area (Å²) in [5.41, 5.74) is 0.0617. The first-order valence-electron chi connectivity index (χ1n) is 8.54. The van der Waals surface area contributed by atoms with Crippen molar-refractivity contribution in [2.24, 2.45) is 0 Å². The summed E-state index contributed by atoms with van der Waals surface area (Å²) in [6.45, 7) is 2.30. The number of hydrogen-bond acceptors (Lipinski definition) is 6. The van der Waals surface area contributed by atoms with Crippen molar-refractivity contribution in [3.8, 4) is 5.75 Å². The summed E-state index contributed by atoms with van der Waals surface area (Å²) in [5, 5.41) is 23.2. The Balaban J connectivity index is 1.61. The molecular weight excluding hydrogens is 334 g/mol. The van der Waals surface area contributed by atoms with Crippen molar-refractivity contribution in [2.75, 3.05) is 32.8 Å². The lowest BCUT2D eigenvalue weighted by atomic mass is 10.0. The standard InChI is InChI=1S/C19H23N3O4/c23-16-5-3-4-15(10-16)11-22-8-9-26-14-19(25,13-22)12-21-18(24)17-6-1-2-7-20-17/h1-7,10,23,25H,8-9,11-14H2,(H,21,24)/t19-/m0/s1. The van der Waals surface area contributed by atoms with Crippen LogP contribution in [0.3, 0.4) is 0 Å². The van der Waals surface area contributed by atoms with Crippen LogP contribution >= 0.6 is 0 Å². The van der Waals surface area contributed by atoms with E-state index < -0.39 is 5.60 Å². The number of benzene rings is 1. The first-order valence-corrected chi connectivity index (χ1v) is 8.54. The lowest BCUT2D eigenvalue weighted by Gasteiger charge is -2.31. The van der Waals surface area contributed by atoms with E-state index in [0.29, 0.717) is 31.9 Å². The second-order valence-corrected chi connectivity index (χ2v) is 6.56. The van der Waals surface area contributed by atoms with Crippen LogP contribution in [0.25, 0.3) is 0 Å². The highest BCUT2D eigenvalue weighted by Crippen LogP contribution is 2.17. The number of rotatable bonds is 5. The van der Waals surface area contributed by atoms with Crippen LogP contribution in [-0.4, -0.2) is 64.5 Å². The van der Waals surface area contributed by atoms with Crippen molar-refractivity contribution >= 4 is 5.91 Å². The Morgan fingerprint density at radius 1 is 1.31 bits per heavy atom. The maximum atomic E-state index is 12.2. The van der Waals surface area contributed by atoms with E-state index in [4.69, 9.17) is 4.74 Å². The van der Waals surface area contributed by atoms with Crippen LogP contribution in [0.4, 0.5) is 0 Å². The van der Waals surface area contributed by atoms with Gasteiger partial charge in [-0.25, -0.2) is 0 Å². The molecule has 1 aliphatic rings. The molecule has 1 aliphatic heterocycles. The monoisotopic (exact) mass is 357 g/mol. The molecule has 26 heavy (non-hydrogen) atoms. The Bertz CT molecular complexity index is 741. The van der Waals surface area contributed by atoms with Crippen LogP contribution in [0.5, 0.6) is 5.75 Å². The highest BCUT2D eigenvalue weighted by molar-refractivity contribution is 5.92. The first-order chi connectivity index (χ1) is 12.5. The minimum Gasteiger partial charge on any atom is -0.508 e. The van der Waals surface area contributed by atoms with E-state index in [1.165, 1.54) is 0 Å². The van der Waals surface area contributed by atoms with Crippen LogP contribution in [-0.2, 0) is 11.3 Å². The van der Waals surface area contributed by atoms with E-state index in [-0.39, 0.29) is 24.8 Å². The van der Waals surface area contributed by atoms with Crippen molar-refractivity contribution in [2.45, 2.75) is 12.1 Å². The number of β-amino-alcohol motifs (C(OH)–C–C–N with tert-alkyl or cyclic N) is 1.